The number of nitrogens with two attached hydrogens (primary N) is 1. The standard InChI is InChI=1S/C11H25N3O.2ClH/c1-4-14(5-2)8-6-7-13-11(15)10(3)9-12;;/h10H,4-9,12H2,1-3H3,(H,13,15);2*1H. The van der Waals surface area contributed by atoms with Crippen molar-refractivity contribution >= 4 is 30.7 Å². The summed E-state index contributed by atoms with van der Waals surface area (Å²) in [6, 6.07) is 0. The minimum absolute atomic E-state index is 0. The highest BCUT2D eigenvalue weighted by molar-refractivity contribution is 5.85. The van der Waals surface area contributed by atoms with Crippen molar-refractivity contribution in [2.75, 3.05) is 32.7 Å². The molecule has 0 aromatic heterocycles. The number of nitrogens with zero attached hydrogens (tertiary/aromatic N) is 1. The van der Waals surface area contributed by atoms with Crippen LogP contribution in [0.1, 0.15) is 27.2 Å². The average Bonchev–Trinajstić information content (AvgIpc) is 2.27. The van der Waals surface area contributed by atoms with E-state index in [1.807, 2.05) is 6.92 Å². The molecule has 0 heterocycles. The molecule has 0 fully saturated rings. The summed E-state index contributed by atoms with van der Waals surface area (Å²) in [7, 11) is 0. The van der Waals surface area contributed by atoms with Crippen LogP contribution < -0.4 is 11.1 Å². The average molecular weight is 288 g/mol. The van der Waals surface area contributed by atoms with E-state index < -0.39 is 0 Å². The predicted molar refractivity (Wildman–Crippen MR) is 78.1 cm³/mol. The van der Waals surface area contributed by atoms with Crippen molar-refractivity contribution in [2.45, 2.75) is 27.2 Å². The van der Waals surface area contributed by atoms with Crippen LogP contribution >= 0.6 is 24.8 Å². The Balaban J connectivity index is -0.000000980. The molecular weight excluding hydrogens is 261 g/mol. The number of hydrogen-bond donors (Lipinski definition) is 2. The smallest absolute Gasteiger partial charge is 0.224 e. The zero-order valence-corrected chi connectivity index (χ0v) is 12.7. The molecule has 0 saturated heterocycles. The summed E-state index contributed by atoms with van der Waals surface area (Å²) in [6.45, 7) is 10.5. The lowest BCUT2D eigenvalue weighted by molar-refractivity contribution is -0.124. The Morgan fingerprint density at radius 2 is 1.82 bits per heavy atom. The molecular formula is C11H27Cl2N3O. The molecule has 0 radical (unpaired) electrons. The summed E-state index contributed by atoms with van der Waals surface area (Å²) in [5.41, 5.74) is 5.40. The van der Waals surface area contributed by atoms with Crippen LogP contribution in [-0.4, -0.2) is 43.5 Å². The third-order valence-corrected chi connectivity index (χ3v) is 2.65. The van der Waals surface area contributed by atoms with Crippen LogP contribution in [-0.2, 0) is 4.79 Å². The minimum atomic E-state index is -0.0709. The number of nitrogens with one attached hydrogen (secondary N) is 1. The summed E-state index contributed by atoms with van der Waals surface area (Å²) < 4.78 is 0. The Labute approximate surface area is 118 Å². The molecule has 3 N–H and O–H groups in total. The van der Waals surface area contributed by atoms with Crippen molar-refractivity contribution in [3.8, 4) is 0 Å². The van der Waals surface area contributed by atoms with Gasteiger partial charge in [0.25, 0.3) is 0 Å². The molecule has 0 spiro atoms. The van der Waals surface area contributed by atoms with Crippen LogP contribution in [0.25, 0.3) is 0 Å². The highest BCUT2D eigenvalue weighted by Gasteiger charge is 2.09. The first-order valence-corrected chi connectivity index (χ1v) is 5.85. The molecule has 1 unspecified atom stereocenters. The molecule has 1 atom stereocenters. The van der Waals surface area contributed by atoms with Gasteiger partial charge in [-0.1, -0.05) is 20.8 Å². The fraction of sp³-hybridized carbons (Fsp3) is 0.909. The highest BCUT2D eigenvalue weighted by atomic mass is 35.5. The van der Waals surface area contributed by atoms with Gasteiger partial charge in [0.1, 0.15) is 0 Å². The lowest BCUT2D eigenvalue weighted by Gasteiger charge is -2.18. The molecule has 0 aliphatic heterocycles. The maximum absolute atomic E-state index is 11.4. The van der Waals surface area contributed by atoms with E-state index in [0.717, 1.165) is 32.6 Å². The number of carbonyl (C=O) groups excluding carboxylic acids is 1. The van der Waals surface area contributed by atoms with Gasteiger partial charge in [-0.2, -0.15) is 0 Å². The van der Waals surface area contributed by atoms with E-state index in [1.54, 1.807) is 0 Å². The van der Waals surface area contributed by atoms with Gasteiger partial charge >= 0.3 is 0 Å². The van der Waals surface area contributed by atoms with Crippen molar-refractivity contribution in [3.63, 3.8) is 0 Å². The minimum Gasteiger partial charge on any atom is -0.356 e. The molecule has 0 aromatic carbocycles. The molecule has 0 aliphatic rings. The summed E-state index contributed by atoms with van der Waals surface area (Å²) in [5.74, 6) is -0.00417. The van der Waals surface area contributed by atoms with Crippen molar-refractivity contribution in [1.29, 1.82) is 0 Å². The maximum Gasteiger partial charge on any atom is 0.224 e. The lowest BCUT2D eigenvalue weighted by Crippen LogP contribution is -2.35. The number of carbonyl (C=O) groups is 1. The largest absolute Gasteiger partial charge is 0.356 e. The van der Waals surface area contributed by atoms with E-state index in [9.17, 15) is 4.79 Å². The monoisotopic (exact) mass is 287 g/mol. The zero-order valence-electron chi connectivity index (χ0n) is 11.1. The van der Waals surface area contributed by atoms with Crippen LogP contribution in [0.15, 0.2) is 0 Å². The first kappa shape index (κ1) is 22.2. The third kappa shape index (κ3) is 10.8. The quantitative estimate of drug-likeness (QED) is 0.661. The molecule has 1 amide bonds. The van der Waals surface area contributed by atoms with E-state index in [0.29, 0.717) is 6.54 Å². The maximum atomic E-state index is 11.4. The van der Waals surface area contributed by atoms with Crippen molar-refractivity contribution < 1.29 is 4.79 Å². The van der Waals surface area contributed by atoms with E-state index in [-0.39, 0.29) is 36.6 Å². The van der Waals surface area contributed by atoms with Gasteiger partial charge in [-0.25, -0.2) is 0 Å². The summed E-state index contributed by atoms with van der Waals surface area (Å²) in [4.78, 5) is 13.7. The van der Waals surface area contributed by atoms with Gasteiger partial charge in [0, 0.05) is 19.0 Å². The number of halogens is 2. The van der Waals surface area contributed by atoms with Gasteiger partial charge in [-0.05, 0) is 26.1 Å². The van der Waals surface area contributed by atoms with Gasteiger partial charge < -0.3 is 16.0 Å². The van der Waals surface area contributed by atoms with Crippen LogP contribution in [0.3, 0.4) is 0 Å². The van der Waals surface area contributed by atoms with Crippen molar-refractivity contribution in [1.82, 2.24) is 10.2 Å². The molecule has 0 bridgehead atoms. The Bertz CT molecular complexity index is 178. The molecule has 106 valence electrons. The Morgan fingerprint density at radius 3 is 2.24 bits per heavy atom. The molecule has 4 nitrogen and oxygen atoms in total. The van der Waals surface area contributed by atoms with Crippen LogP contribution in [0.2, 0.25) is 0 Å². The van der Waals surface area contributed by atoms with E-state index >= 15 is 0 Å². The number of amides is 1. The van der Waals surface area contributed by atoms with Gasteiger partial charge in [-0.3, -0.25) is 4.79 Å². The number of rotatable bonds is 8. The second-order valence-corrected chi connectivity index (χ2v) is 3.81. The second kappa shape index (κ2) is 14.0. The SMILES string of the molecule is CCN(CC)CCCNC(=O)C(C)CN.Cl.Cl. The number of hydrogen-bond acceptors (Lipinski definition) is 3. The fourth-order valence-corrected chi connectivity index (χ4v) is 1.34. The van der Waals surface area contributed by atoms with Crippen molar-refractivity contribution in [2.24, 2.45) is 11.7 Å². The highest BCUT2D eigenvalue weighted by Crippen LogP contribution is 1.92. The summed E-state index contributed by atoms with van der Waals surface area (Å²) in [5, 5.41) is 2.89. The van der Waals surface area contributed by atoms with E-state index in [2.05, 4.69) is 24.1 Å². The topological polar surface area (TPSA) is 58.4 Å². The van der Waals surface area contributed by atoms with Crippen LogP contribution in [0.5, 0.6) is 0 Å². The van der Waals surface area contributed by atoms with E-state index in [1.165, 1.54) is 0 Å². The molecule has 0 rings (SSSR count). The molecule has 6 heteroatoms. The fourth-order valence-electron chi connectivity index (χ4n) is 1.34. The normalized spacial score (nSPS) is 11.4. The Morgan fingerprint density at radius 1 is 1.29 bits per heavy atom. The summed E-state index contributed by atoms with van der Waals surface area (Å²) in [6.07, 6.45) is 1.00. The van der Waals surface area contributed by atoms with Crippen molar-refractivity contribution in [3.05, 3.63) is 0 Å². The lowest BCUT2D eigenvalue weighted by atomic mass is 10.2. The predicted octanol–water partition coefficient (Wildman–Crippen LogP) is 1.27. The zero-order chi connectivity index (χ0) is 11.7. The second-order valence-electron chi connectivity index (χ2n) is 3.81. The van der Waals surface area contributed by atoms with Gasteiger partial charge in [0.2, 0.25) is 5.91 Å². The van der Waals surface area contributed by atoms with E-state index in [4.69, 9.17) is 5.73 Å². The first-order chi connectivity index (χ1) is 7.15. The van der Waals surface area contributed by atoms with Crippen LogP contribution in [0, 0.1) is 5.92 Å². The molecule has 0 saturated carbocycles. The molecule has 0 aromatic rings. The first-order valence-electron chi connectivity index (χ1n) is 5.85. The third-order valence-electron chi connectivity index (χ3n) is 2.65. The van der Waals surface area contributed by atoms with Crippen LogP contribution in [0.4, 0.5) is 0 Å². The van der Waals surface area contributed by atoms with Gasteiger partial charge in [0.05, 0.1) is 0 Å². The summed E-state index contributed by atoms with van der Waals surface area (Å²) >= 11 is 0. The molecule has 17 heavy (non-hydrogen) atoms. The Kier molecular flexibility index (Phi) is 18.3. The Hall–Kier alpha value is -0.0300. The van der Waals surface area contributed by atoms with Gasteiger partial charge in [0.15, 0.2) is 0 Å². The van der Waals surface area contributed by atoms with Gasteiger partial charge in [-0.15, -0.1) is 24.8 Å². The molecule has 0 aliphatic carbocycles.